The summed E-state index contributed by atoms with van der Waals surface area (Å²) < 4.78 is 0. The van der Waals surface area contributed by atoms with E-state index in [2.05, 4.69) is 6.92 Å². The maximum Gasteiger partial charge on any atom is 0.303 e. The van der Waals surface area contributed by atoms with E-state index in [1.165, 1.54) is 6.92 Å². The number of unbranched alkanes of at least 4 members (excludes halogenated alkanes) is 3. The van der Waals surface area contributed by atoms with Crippen LogP contribution in [-0.2, 0) is 14.4 Å². The quantitative estimate of drug-likeness (QED) is 0.266. The minimum atomic E-state index is -0.821. The summed E-state index contributed by atoms with van der Waals surface area (Å²) in [6.07, 6.45) is 12.6. The highest BCUT2D eigenvalue weighted by Crippen LogP contribution is 2.19. The lowest BCUT2D eigenvalue weighted by molar-refractivity contribution is -0.137. The Labute approximate surface area is 150 Å². The van der Waals surface area contributed by atoms with Crippen molar-refractivity contribution in [1.29, 1.82) is 0 Å². The number of allylic oxidation sites excluding steroid dienone is 3. The molecule has 25 heavy (non-hydrogen) atoms. The Bertz CT molecular complexity index is 453. The van der Waals surface area contributed by atoms with Crippen LogP contribution in [-0.4, -0.2) is 34.4 Å². The molecule has 0 radical (unpaired) electrons. The van der Waals surface area contributed by atoms with Crippen LogP contribution in [0.1, 0.15) is 65.2 Å². The topological polar surface area (TPSA) is 91.7 Å². The predicted octanol–water partition coefficient (Wildman–Crippen LogP) is 3.71. The summed E-state index contributed by atoms with van der Waals surface area (Å²) in [5.74, 6) is -1.93. The lowest BCUT2D eigenvalue weighted by Crippen LogP contribution is -2.21. The van der Waals surface area contributed by atoms with Crippen LogP contribution in [0.5, 0.6) is 0 Å². The highest BCUT2D eigenvalue weighted by atomic mass is 16.4. The molecule has 5 heteroatoms. The van der Waals surface area contributed by atoms with Crippen LogP contribution in [0.15, 0.2) is 24.3 Å². The Morgan fingerprint density at radius 1 is 1.08 bits per heavy atom. The van der Waals surface area contributed by atoms with Crippen molar-refractivity contribution in [1.82, 2.24) is 0 Å². The number of carboxylic acid groups (broad SMARTS) is 1. The Hall–Kier alpha value is -1.75. The van der Waals surface area contributed by atoms with Crippen molar-refractivity contribution in [2.75, 3.05) is 0 Å². The lowest BCUT2D eigenvalue weighted by Gasteiger charge is -2.16. The molecule has 0 saturated carbocycles. The van der Waals surface area contributed by atoms with Gasteiger partial charge in [-0.2, -0.15) is 0 Å². The molecule has 0 spiro atoms. The zero-order valence-corrected chi connectivity index (χ0v) is 15.4. The lowest BCUT2D eigenvalue weighted by atomic mass is 9.86. The number of carbonyl (C=O) groups is 3. The fraction of sp³-hybridized carbons (Fsp3) is 0.650. The first kappa shape index (κ1) is 23.2. The summed E-state index contributed by atoms with van der Waals surface area (Å²) >= 11 is 0. The smallest absolute Gasteiger partial charge is 0.303 e. The van der Waals surface area contributed by atoms with Gasteiger partial charge in [0, 0.05) is 18.3 Å². The van der Waals surface area contributed by atoms with Crippen molar-refractivity contribution in [3.63, 3.8) is 0 Å². The molecule has 5 nitrogen and oxygen atoms in total. The third-order valence-electron chi connectivity index (χ3n) is 4.09. The van der Waals surface area contributed by atoms with E-state index in [4.69, 9.17) is 5.11 Å². The second-order valence-electron chi connectivity index (χ2n) is 6.38. The number of hydrogen-bond acceptors (Lipinski definition) is 4. The molecule has 0 amide bonds. The third-order valence-corrected chi connectivity index (χ3v) is 4.09. The van der Waals surface area contributed by atoms with E-state index in [-0.39, 0.29) is 12.2 Å². The van der Waals surface area contributed by atoms with E-state index >= 15 is 0 Å². The van der Waals surface area contributed by atoms with Gasteiger partial charge in [-0.25, -0.2) is 0 Å². The van der Waals surface area contributed by atoms with Crippen molar-refractivity contribution in [2.24, 2.45) is 11.8 Å². The van der Waals surface area contributed by atoms with Gasteiger partial charge in [-0.1, -0.05) is 50.5 Å². The molecule has 0 bridgehead atoms. The second kappa shape index (κ2) is 14.6. The van der Waals surface area contributed by atoms with Crippen molar-refractivity contribution in [3.8, 4) is 0 Å². The third kappa shape index (κ3) is 12.3. The van der Waals surface area contributed by atoms with E-state index < -0.39 is 23.9 Å². The number of carbonyl (C=O) groups excluding carboxylic acids is 2. The minimum absolute atomic E-state index is 0.103. The van der Waals surface area contributed by atoms with Gasteiger partial charge in [0.05, 0.1) is 6.10 Å². The van der Waals surface area contributed by atoms with Gasteiger partial charge in [-0.15, -0.1) is 0 Å². The molecule has 3 unspecified atom stereocenters. The first-order valence-electron chi connectivity index (χ1n) is 9.11. The van der Waals surface area contributed by atoms with Crippen molar-refractivity contribution >= 4 is 18.0 Å². The van der Waals surface area contributed by atoms with Gasteiger partial charge in [-0.3, -0.25) is 9.59 Å². The van der Waals surface area contributed by atoms with Crippen molar-refractivity contribution in [2.45, 2.75) is 71.3 Å². The number of aliphatic hydroxyl groups excluding tert-OH is 1. The molecule has 0 aromatic rings. The van der Waals surface area contributed by atoms with Gasteiger partial charge in [0.15, 0.2) is 0 Å². The molecule has 0 aliphatic rings. The molecule has 0 aromatic heterocycles. The zero-order chi connectivity index (χ0) is 19.1. The molecule has 0 fully saturated rings. The number of Topliss-reactive ketones (excluding diaryl/α,β-unsaturated/α-hetero) is 1. The first-order valence-corrected chi connectivity index (χ1v) is 9.11. The maximum atomic E-state index is 11.8. The SMILES string of the molecule is CCCCCC(O)C=CC(C(C)=O)C(C=O)CC=CCCCC(=O)O. The molecular weight excluding hydrogens is 320 g/mol. The Morgan fingerprint density at radius 2 is 1.80 bits per heavy atom. The standard InChI is InChI=1S/C20H32O5/c1-3-4-7-11-18(23)13-14-19(16(2)22)17(15-21)10-8-5-6-9-12-20(24)25/h5,8,13-15,17-19,23H,3-4,6-7,9-12H2,1-2H3,(H,24,25). The Balaban J connectivity index is 4.53. The molecule has 0 aliphatic heterocycles. The fourth-order valence-electron chi connectivity index (χ4n) is 2.56. The number of aliphatic hydroxyl groups is 1. The molecule has 3 atom stereocenters. The van der Waals surface area contributed by atoms with Crippen LogP contribution >= 0.6 is 0 Å². The molecule has 2 N–H and O–H groups in total. The van der Waals surface area contributed by atoms with Gasteiger partial charge in [0.2, 0.25) is 0 Å². The predicted molar refractivity (Wildman–Crippen MR) is 98.3 cm³/mol. The molecule has 0 saturated heterocycles. The van der Waals surface area contributed by atoms with Gasteiger partial charge in [0.1, 0.15) is 12.1 Å². The first-order chi connectivity index (χ1) is 11.9. The maximum absolute atomic E-state index is 11.8. The Kier molecular flexibility index (Phi) is 13.6. The highest BCUT2D eigenvalue weighted by Gasteiger charge is 2.22. The summed E-state index contributed by atoms with van der Waals surface area (Å²) in [4.78, 5) is 33.6. The largest absolute Gasteiger partial charge is 0.481 e. The van der Waals surface area contributed by atoms with E-state index in [1.807, 2.05) is 12.2 Å². The number of rotatable bonds is 15. The molecule has 142 valence electrons. The van der Waals surface area contributed by atoms with E-state index in [0.29, 0.717) is 25.7 Å². The van der Waals surface area contributed by atoms with Gasteiger partial charge in [0.25, 0.3) is 0 Å². The summed E-state index contributed by atoms with van der Waals surface area (Å²) in [6.45, 7) is 3.55. The second-order valence-corrected chi connectivity index (χ2v) is 6.38. The number of carboxylic acids is 1. The molecule has 0 heterocycles. The van der Waals surface area contributed by atoms with Crippen LogP contribution in [0.2, 0.25) is 0 Å². The van der Waals surface area contributed by atoms with E-state index in [1.54, 1.807) is 12.2 Å². The number of hydrogen-bond donors (Lipinski definition) is 2. The van der Waals surface area contributed by atoms with Crippen LogP contribution < -0.4 is 0 Å². The summed E-state index contributed by atoms with van der Waals surface area (Å²) in [7, 11) is 0. The van der Waals surface area contributed by atoms with Gasteiger partial charge >= 0.3 is 5.97 Å². The van der Waals surface area contributed by atoms with Crippen molar-refractivity contribution in [3.05, 3.63) is 24.3 Å². The minimum Gasteiger partial charge on any atom is -0.481 e. The summed E-state index contributed by atoms with van der Waals surface area (Å²) in [6, 6.07) is 0. The Morgan fingerprint density at radius 3 is 2.36 bits per heavy atom. The van der Waals surface area contributed by atoms with Crippen LogP contribution in [0, 0.1) is 11.8 Å². The molecular formula is C20H32O5. The monoisotopic (exact) mass is 352 g/mol. The number of ketones is 1. The molecule has 0 aromatic carbocycles. The number of aliphatic carboxylic acids is 1. The average Bonchev–Trinajstić information content (AvgIpc) is 2.55. The van der Waals surface area contributed by atoms with E-state index in [0.717, 1.165) is 25.5 Å². The van der Waals surface area contributed by atoms with Crippen LogP contribution in [0.3, 0.4) is 0 Å². The van der Waals surface area contributed by atoms with Crippen LogP contribution in [0.25, 0.3) is 0 Å². The van der Waals surface area contributed by atoms with Crippen molar-refractivity contribution < 1.29 is 24.6 Å². The van der Waals surface area contributed by atoms with Gasteiger partial charge < -0.3 is 15.0 Å². The molecule has 0 aliphatic carbocycles. The normalized spacial score (nSPS) is 15.3. The summed E-state index contributed by atoms with van der Waals surface area (Å²) in [5, 5.41) is 18.5. The van der Waals surface area contributed by atoms with E-state index in [9.17, 15) is 19.5 Å². The highest BCUT2D eigenvalue weighted by molar-refractivity contribution is 5.83. The zero-order valence-electron chi connectivity index (χ0n) is 15.4. The summed E-state index contributed by atoms with van der Waals surface area (Å²) in [5.41, 5.74) is 0. The fourth-order valence-corrected chi connectivity index (χ4v) is 2.56. The molecule has 0 rings (SSSR count). The van der Waals surface area contributed by atoms with Gasteiger partial charge in [-0.05, 0) is 32.6 Å². The average molecular weight is 352 g/mol. The number of aldehydes is 1. The van der Waals surface area contributed by atoms with Crippen LogP contribution in [0.4, 0.5) is 0 Å².